The molecule has 0 aliphatic rings. The van der Waals surface area contributed by atoms with Gasteiger partial charge in [-0.3, -0.25) is 4.98 Å². The zero-order chi connectivity index (χ0) is 17.4. The molecule has 0 unspecified atom stereocenters. The van der Waals surface area contributed by atoms with Gasteiger partial charge in [-0.15, -0.1) is 11.3 Å². The summed E-state index contributed by atoms with van der Waals surface area (Å²) in [6, 6.07) is 3.52. The van der Waals surface area contributed by atoms with Crippen molar-refractivity contribution in [2.75, 3.05) is 0 Å². The highest BCUT2D eigenvalue weighted by Crippen LogP contribution is 2.30. The second kappa shape index (κ2) is 6.71. The topological polar surface area (TPSA) is 54.5 Å². The Labute approximate surface area is 156 Å². The molecule has 4 aromatic heterocycles. The molecule has 0 fully saturated rings. The minimum atomic E-state index is -0.340. The SMILES string of the molecule is Fc1cnccc1Cc1nc(Cl)c(Cc2c[nH]c3ncc(Cl)cc23)s1. The molecule has 0 spiro atoms. The lowest BCUT2D eigenvalue weighted by Crippen LogP contribution is -1.92. The minimum absolute atomic E-state index is 0.340. The van der Waals surface area contributed by atoms with Crippen LogP contribution in [0.1, 0.15) is 21.0 Å². The molecule has 0 radical (unpaired) electrons. The summed E-state index contributed by atoms with van der Waals surface area (Å²) in [5.41, 5.74) is 2.37. The van der Waals surface area contributed by atoms with Crippen LogP contribution in [0.2, 0.25) is 10.2 Å². The summed E-state index contributed by atoms with van der Waals surface area (Å²) in [4.78, 5) is 16.4. The maximum absolute atomic E-state index is 13.8. The van der Waals surface area contributed by atoms with Crippen LogP contribution in [-0.2, 0) is 12.8 Å². The Kier molecular flexibility index (Phi) is 4.41. The molecular formula is C17H11Cl2FN4S. The Hall–Kier alpha value is -2.02. The van der Waals surface area contributed by atoms with Crippen LogP contribution in [0.5, 0.6) is 0 Å². The summed E-state index contributed by atoms with van der Waals surface area (Å²) < 4.78 is 13.8. The van der Waals surface area contributed by atoms with Crippen molar-refractivity contribution in [3.8, 4) is 0 Å². The van der Waals surface area contributed by atoms with Gasteiger partial charge in [0.25, 0.3) is 0 Å². The highest BCUT2D eigenvalue weighted by atomic mass is 35.5. The minimum Gasteiger partial charge on any atom is -0.346 e. The third kappa shape index (κ3) is 3.38. The normalized spacial score (nSPS) is 11.3. The van der Waals surface area contributed by atoms with Crippen molar-refractivity contribution >= 4 is 45.6 Å². The number of rotatable bonds is 4. The van der Waals surface area contributed by atoms with E-state index in [9.17, 15) is 4.39 Å². The van der Waals surface area contributed by atoms with Gasteiger partial charge in [0.2, 0.25) is 0 Å². The summed E-state index contributed by atoms with van der Waals surface area (Å²) in [6.45, 7) is 0. The van der Waals surface area contributed by atoms with Gasteiger partial charge in [0.1, 0.15) is 16.6 Å². The average Bonchev–Trinajstić information content (AvgIpc) is 3.14. The molecule has 0 atom stereocenters. The molecular weight excluding hydrogens is 382 g/mol. The number of H-pyrrole nitrogens is 1. The first-order valence-electron chi connectivity index (χ1n) is 7.44. The lowest BCUT2D eigenvalue weighted by molar-refractivity contribution is 0.607. The smallest absolute Gasteiger partial charge is 0.145 e. The van der Waals surface area contributed by atoms with Crippen molar-refractivity contribution in [3.63, 3.8) is 0 Å². The second-order valence-corrected chi connectivity index (χ2v) is 7.47. The van der Waals surface area contributed by atoms with Crippen LogP contribution in [0.15, 0.2) is 36.9 Å². The van der Waals surface area contributed by atoms with E-state index in [1.807, 2.05) is 12.3 Å². The number of thiazole rings is 1. The van der Waals surface area contributed by atoms with Gasteiger partial charge >= 0.3 is 0 Å². The zero-order valence-corrected chi connectivity index (χ0v) is 15.1. The summed E-state index contributed by atoms with van der Waals surface area (Å²) in [5, 5.41) is 2.75. The Morgan fingerprint density at radius 3 is 2.88 bits per heavy atom. The van der Waals surface area contributed by atoms with Gasteiger partial charge in [-0.25, -0.2) is 14.4 Å². The lowest BCUT2D eigenvalue weighted by atomic mass is 10.1. The fourth-order valence-corrected chi connectivity index (χ4v) is 4.12. The number of aromatic nitrogens is 4. The van der Waals surface area contributed by atoms with Crippen LogP contribution in [0.25, 0.3) is 11.0 Å². The van der Waals surface area contributed by atoms with Crippen LogP contribution >= 0.6 is 34.5 Å². The van der Waals surface area contributed by atoms with Crippen molar-refractivity contribution < 1.29 is 4.39 Å². The number of hydrogen-bond acceptors (Lipinski definition) is 4. The molecule has 0 aliphatic heterocycles. The third-order valence-electron chi connectivity index (χ3n) is 3.83. The van der Waals surface area contributed by atoms with Crippen LogP contribution in [0.3, 0.4) is 0 Å². The maximum atomic E-state index is 13.8. The van der Waals surface area contributed by atoms with E-state index < -0.39 is 0 Å². The molecule has 1 N–H and O–H groups in total. The zero-order valence-electron chi connectivity index (χ0n) is 12.8. The molecule has 0 amide bonds. The van der Waals surface area contributed by atoms with Gasteiger partial charge in [0.15, 0.2) is 0 Å². The van der Waals surface area contributed by atoms with Gasteiger partial charge in [-0.1, -0.05) is 23.2 Å². The highest BCUT2D eigenvalue weighted by molar-refractivity contribution is 7.12. The van der Waals surface area contributed by atoms with Gasteiger partial charge in [-0.2, -0.15) is 0 Å². The van der Waals surface area contributed by atoms with Crippen LogP contribution < -0.4 is 0 Å². The molecule has 4 nitrogen and oxygen atoms in total. The molecule has 4 rings (SSSR count). The van der Waals surface area contributed by atoms with E-state index >= 15 is 0 Å². The number of nitrogens with zero attached hydrogens (tertiary/aromatic N) is 3. The molecule has 0 aliphatic carbocycles. The van der Waals surface area contributed by atoms with E-state index in [2.05, 4.69) is 19.9 Å². The number of nitrogens with one attached hydrogen (secondary N) is 1. The summed E-state index contributed by atoms with van der Waals surface area (Å²) in [5.74, 6) is -0.340. The summed E-state index contributed by atoms with van der Waals surface area (Å²) in [6.07, 6.45) is 7.26. The van der Waals surface area contributed by atoms with Crippen molar-refractivity contribution in [1.29, 1.82) is 0 Å². The number of fused-ring (bicyclic) bond motifs is 1. The van der Waals surface area contributed by atoms with Crippen LogP contribution in [0, 0.1) is 5.82 Å². The molecule has 0 bridgehead atoms. The summed E-state index contributed by atoms with van der Waals surface area (Å²) in [7, 11) is 0. The first-order chi connectivity index (χ1) is 12.1. The third-order valence-corrected chi connectivity index (χ3v) is 5.51. The van der Waals surface area contributed by atoms with E-state index in [1.165, 1.54) is 17.5 Å². The van der Waals surface area contributed by atoms with Crippen LogP contribution in [0.4, 0.5) is 4.39 Å². The molecule has 25 heavy (non-hydrogen) atoms. The van der Waals surface area contributed by atoms with Gasteiger partial charge in [0.05, 0.1) is 16.2 Å². The van der Waals surface area contributed by atoms with Crippen LogP contribution in [-0.4, -0.2) is 19.9 Å². The standard InChI is InChI=1S/C17H11Cl2FN4S/c18-11-5-12-10(6-22-17(12)23-7-11)3-14-16(19)24-15(25-14)4-9-1-2-21-8-13(9)20/h1-2,5-8H,3-4H2,(H,22,23). The molecule has 0 aromatic carbocycles. The Balaban J connectivity index is 1.62. The van der Waals surface area contributed by atoms with Gasteiger partial charge in [0, 0.05) is 41.7 Å². The van der Waals surface area contributed by atoms with E-state index in [0.29, 0.717) is 28.6 Å². The number of aromatic amines is 1. The largest absolute Gasteiger partial charge is 0.346 e. The summed E-state index contributed by atoms with van der Waals surface area (Å²) >= 11 is 13.8. The molecule has 0 saturated carbocycles. The first kappa shape index (κ1) is 16.4. The number of hydrogen-bond donors (Lipinski definition) is 1. The molecule has 8 heteroatoms. The van der Waals surface area contributed by atoms with Crippen molar-refractivity contribution in [3.05, 3.63) is 73.9 Å². The maximum Gasteiger partial charge on any atom is 0.145 e. The quantitative estimate of drug-likeness (QED) is 0.528. The van der Waals surface area contributed by atoms with Gasteiger partial charge < -0.3 is 4.98 Å². The molecule has 0 saturated heterocycles. The average molecular weight is 393 g/mol. The first-order valence-corrected chi connectivity index (χ1v) is 9.01. The number of halogens is 3. The molecule has 126 valence electrons. The fourth-order valence-electron chi connectivity index (χ4n) is 2.63. The van der Waals surface area contributed by atoms with Crippen molar-refractivity contribution in [2.45, 2.75) is 12.8 Å². The predicted molar refractivity (Wildman–Crippen MR) is 98.0 cm³/mol. The second-order valence-electron chi connectivity index (χ2n) is 5.51. The van der Waals surface area contributed by atoms with Crippen molar-refractivity contribution in [2.24, 2.45) is 0 Å². The monoisotopic (exact) mass is 392 g/mol. The van der Waals surface area contributed by atoms with E-state index in [4.69, 9.17) is 23.2 Å². The Bertz CT molecular complexity index is 1060. The van der Waals surface area contributed by atoms with Crippen molar-refractivity contribution in [1.82, 2.24) is 19.9 Å². The Morgan fingerprint density at radius 1 is 1.16 bits per heavy atom. The predicted octanol–water partition coefficient (Wildman–Crippen LogP) is 5.04. The van der Waals surface area contributed by atoms with E-state index in [1.54, 1.807) is 18.5 Å². The highest BCUT2D eigenvalue weighted by Gasteiger charge is 2.14. The molecule has 4 heterocycles. The van der Waals surface area contributed by atoms with E-state index in [-0.39, 0.29) is 5.82 Å². The lowest BCUT2D eigenvalue weighted by Gasteiger charge is -1.99. The number of pyridine rings is 2. The van der Waals surface area contributed by atoms with E-state index in [0.717, 1.165) is 26.5 Å². The Morgan fingerprint density at radius 2 is 2.04 bits per heavy atom. The molecule has 4 aromatic rings. The fraction of sp³-hybridized carbons (Fsp3) is 0.118. The van der Waals surface area contributed by atoms with Gasteiger partial charge in [-0.05, 0) is 23.3 Å².